The fourth-order valence-corrected chi connectivity index (χ4v) is 1.87. The minimum absolute atomic E-state index is 0.403. The van der Waals surface area contributed by atoms with Crippen LogP contribution in [0.5, 0.6) is 5.75 Å². The summed E-state index contributed by atoms with van der Waals surface area (Å²) < 4.78 is 1.08. The Morgan fingerprint density at radius 3 is 2.50 bits per heavy atom. The van der Waals surface area contributed by atoms with Crippen molar-refractivity contribution in [2.75, 3.05) is 0 Å². The van der Waals surface area contributed by atoms with Gasteiger partial charge in [-0.05, 0) is 13.0 Å². The maximum absolute atomic E-state index is 8.94. The fourth-order valence-electron chi connectivity index (χ4n) is 0.495. The van der Waals surface area contributed by atoms with Crippen LogP contribution in [0.3, 0.4) is 0 Å². The van der Waals surface area contributed by atoms with E-state index in [4.69, 9.17) is 5.11 Å². The van der Waals surface area contributed by atoms with E-state index in [2.05, 4.69) is 9.24 Å². The maximum atomic E-state index is 8.94. The first kappa shape index (κ1) is 6.06. The maximum Gasteiger partial charge on any atom is 0.129 e. The van der Waals surface area contributed by atoms with Crippen molar-refractivity contribution in [2.24, 2.45) is 0 Å². The highest BCUT2D eigenvalue weighted by Gasteiger charge is 1.96. The molecule has 1 N–H and O–H groups in total. The second kappa shape index (κ2) is 2.04. The molecule has 1 heterocycles. The van der Waals surface area contributed by atoms with Crippen LogP contribution < -0.4 is 4.62 Å². The Labute approximate surface area is 54.6 Å². The Kier molecular flexibility index (Phi) is 1.54. The van der Waals surface area contributed by atoms with Crippen molar-refractivity contribution in [3.63, 3.8) is 0 Å². The number of hydrogen-bond acceptors (Lipinski definition) is 2. The van der Waals surface area contributed by atoms with Gasteiger partial charge in [-0.25, -0.2) is 0 Å². The summed E-state index contributed by atoms with van der Waals surface area (Å²) in [7, 11) is 2.54. The first-order valence-corrected chi connectivity index (χ1v) is 3.64. The molecule has 1 aromatic heterocycles. The summed E-state index contributed by atoms with van der Waals surface area (Å²) in [4.78, 5) is 0.981. The second-order valence-corrected chi connectivity index (χ2v) is 3.92. The van der Waals surface area contributed by atoms with Crippen LogP contribution in [-0.2, 0) is 0 Å². The van der Waals surface area contributed by atoms with Gasteiger partial charge >= 0.3 is 0 Å². The largest absolute Gasteiger partial charge is 0.507 e. The fraction of sp³-hybridized carbons (Fsp3) is 0.200. The van der Waals surface area contributed by atoms with Crippen LogP contribution in [0.15, 0.2) is 6.07 Å². The Morgan fingerprint density at radius 2 is 2.38 bits per heavy atom. The molecule has 1 rings (SSSR count). The summed E-state index contributed by atoms with van der Waals surface area (Å²) in [6, 6.07) is 1.74. The SMILES string of the molecule is Cc1sc(P)cc1O. The van der Waals surface area contributed by atoms with Crippen LogP contribution in [0, 0.1) is 6.92 Å². The summed E-state index contributed by atoms with van der Waals surface area (Å²) in [5.74, 6) is 0.403. The van der Waals surface area contributed by atoms with Crippen molar-refractivity contribution in [1.29, 1.82) is 0 Å². The van der Waals surface area contributed by atoms with E-state index < -0.39 is 0 Å². The first-order valence-electron chi connectivity index (χ1n) is 2.25. The Morgan fingerprint density at radius 1 is 1.75 bits per heavy atom. The highest BCUT2D eigenvalue weighted by Crippen LogP contribution is 2.20. The smallest absolute Gasteiger partial charge is 0.129 e. The molecule has 0 aliphatic carbocycles. The molecule has 0 fully saturated rings. The molecule has 0 aliphatic heterocycles. The van der Waals surface area contributed by atoms with Crippen molar-refractivity contribution in [3.05, 3.63) is 10.9 Å². The molecule has 0 spiro atoms. The van der Waals surface area contributed by atoms with E-state index in [9.17, 15) is 0 Å². The van der Waals surface area contributed by atoms with Gasteiger partial charge in [0.05, 0.1) is 0 Å². The summed E-state index contributed by atoms with van der Waals surface area (Å²) in [6.07, 6.45) is 0. The van der Waals surface area contributed by atoms with Gasteiger partial charge in [-0.2, -0.15) is 0 Å². The van der Waals surface area contributed by atoms with Crippen molar-refractivity contribution in [3.8, 4) is 5.75 Å². The molecule has 0 aliphatic rings. The second-order valence-electron chi connectivity index (χ2n) is 1.59. The zero-order chi connectivity index (χ0) is 6.15. The number of aryl methyl sites for hydroxylation is 1. The average molecular weight is 146 g/mol. The monoisotopic (exact) mass is 146 g/mol. The van der Waals surface area contributed by atoms with Gasteiger partial charge in [-0.15, -0.1) is 11.3 Å². The van der Waals surface area contributed by atoms with Crippen molar-refractivity contribution >= 4 is 25.2 Å². The van der Waals surface area contributed by atoms with Crippen LogP contribution >= 0.6 is 20.6 Å². The normalized spacial score (nSPS) is 9.75. The quantitative estimate of drug-likeness (QED) is 0.546. The van der Waals surface area contributed by atoms with Crippen LogP contribution in [0.4, 0.5) is 0 Å². The molecule has 1 nitrogen and oxygen atoms in total. The van der Waals surface area contributed by atoms with Crippen molar-refractivity contribution < 1.29 is 5.11 Å². The summed E-state index contributed by atoms with van der Waals surface area (Å²) in [5, 5.41) is 8.94. The van der Waals surface area contributed by atoms with Crippen LogP contribution in [-0.4, -0.2) is 5.11 Å². The third-order valence-electron chi connectivity index (χ3n) is 0.911. The topological polar surface area (TPSA) is 20.2 Å². The number of aromatic hydroxyl groups is 1. The van der Waals surface area contributed by atoms with Crippen LogP contribution in [0.25, 0.3) is 0 Å². The summed E-state index contributed by atoms with van der Waals surface area (Å²) >= 11 is 1.58. The number of hydrogen-bond donors (Lipinski definition) is 1. The van der Waals surface area contributed by atoms with Gasteiger partial charge in [-0.1, -0.05) is 9.24 Å². The van der Waals surface area contributed by atoms with E-state index in [1.165, 1.54) is 0 Å². The lowest BCUT2D eigenvalue weighted by atomic mass is 10.5. The zero-order valence-electron chi connectivity index (χ0n) is 4.51. The van der Waals surface area contributed by atoms with Crippen molar-refractivity contribution in [2.45, 2.75) is 6.92 Å². The lowest BCUT2D eigenvalue weighted by Crippen LogP contribution is -1.70. The van der Waals surface area contributed by atoms with E-state index in [0.717, 1.165) is 9.50 Å². The zero-order valence-corrected chi connectivity index (χ0v) is 6.48. The predicted octanol–water partition coefficient (Wildman–Crippen LogP) is 1.26. The number of thiophene rings is 1. The third-order valence-corrected chi connectivity index (χ3v) is 2.30. The van der Waals surface area contributed by atoms with E-state index >= 15 is 0 Å². The molecule has 0 radical (unpaired) electrons. The minimum Gasteiger partial charge on any atom is -0.507 e. The van der Waals surface area contributed by atoms with Gasteiger partial charge in [0, 0.05) is 9.50 Å². The Hall–Kier alpha value is -0.0700. The highest BCUT2D eigenvalue weighted by molar-refractivity contribution is 7.43. The molecular weight excluding hydrogens is 139 g/mol. The number of rotatable bonds is 0. The van der Waals surface area contributed by atoms with Gasteiger partial charge in [0.25, 0.3) is 0 Å². The predicted molar refractivity (Wildman–Crippen MR) is 40.1 cm³/mol. The Bertz CT molecular complexity index is 175. The van der Waals surface area contributed by atoms with Gasteiger partial charge in [0.2, 0.25) is 0 Å². The lowest BCUT2D eigenvalue weighted by Gasteiger charge is -1.79. The highest BCUT2D eigenvalue weighted by atomic mass is 32.1. The van der Waals surface area contributed by atoms with Crippen LogP contribution in [0.2, 0.25) is 0 Å². The lowest BCUT2D eigenvalue weighted by molar-refractivity contribution is 0.474. The summed E-state index contributed by atoms with van der Waals surface area (Å²) in [6.45, 7) is 1.90. The van der Waals surface area contributed by atoms with E-state index in [1.54, 1.807) is 17.4 Å². The molecule has 1 unspecified atom stereocenters. The molecule has 44 valence electrons. The van der Waals surface area contributed by atoms with Crippen LogP contribution in [0.1, 0.15) is 4.88 Å². The Balaban J connectivity index is 3.14. The van der Waals surface area contributed by atoms with E-state index in [1.807, 2.05) is 6.92 Å². The van der Waals surface area contributed by atoms with Gasteiger partial charge < -0.3 is 5.11 Å². The third kappa shape index (κ3) is 1.01. The van der Waals surface area contributed by atoms with Gasteiger partial charge in [0.15, 0.2) is 0 Å². The molecule has 0 bridgehead atoms. The molecule has 1 aromatic rings. The first-order chi connectivity index (χ1) is 3.70. The molecule has 0 saturated carbocycles. The average Bonchev–Trinajstić information content (AvgIpc) is 1.85. The van der Waals surface area contributed by atoms with E-state index in [0.29, 0.717) is 5.75 Å². The molecule has 0 aromatic carbocycles. The van der Waals surface area contributed by atoms with Gasteiger partial charge in [-0.3, -0.25) is 0 Å². The van der Waals surface area contributed by atoms with Crippen molar-refractivity contribution in [1.82, 2.24) is 0 Å². The molecule has 0 saturated heterocycles. The molecule has 0 amide bonds. The summed E-state index contributed by atoms with van der Waals surface area (Å²) in [5.41, 5.74) is 0. The molecule has 8 heavy (non-hydrogen) atoms. The molecular formula is C5H7OPS. The van der Waals surface area contributed by atoms with E-state index in [-0.39, 0.29) is 0 Å². The molecule has 3 heteroatoms. The van der Waals surface area contributed by atoms with Gasteiger partial charge in [0.1, 0.15) is 5.75 Å². The molecule has 1 atom stereocenters. The standard InChI is InChI=1S/C5H7OPS/c1-3-4(6)2-5(7)8-3/h2,6H,7H2,1H3. The minimum atomic E-state index is 0.403.